The topological polar surface area (TPSA) is 182 Å². The van der Waals surface area contributed by atoms with Crippen molar-refractivity contribution in [1.82, 2.24) is 0 Å². The Hall–Kier alpha value is -3.30. The van der Waals surface area contributed by atoms with E-state index in [9.17, 15) is 40.5 Å². The summed E-state index contributed by atoms with van der Waals surface area (Å²) in [7, 11) is 0. The van der Waals surface area contributed by atoms with E-state index in [0.717, 1.165) is 36.4 Å². The molecule has 0 spiro atoms. The smallest absolute Gasteiger partial charge is 0.258 e. The predicted octanol–water partition coefficient (Wildman–Crippen LogP) is 4.05. The fourth-order valence-electron chi connectivity index (χ4n) is 1.76. The van der Waals surface area contributed by atoms with Crippen LogP contribution in [0.4, 0.5) is 22.7 Å². The molecule has 0 N–H and O–H groups in total. The summed E-state index contributed by atoms with van der Waals surface area (Å²) < 4.78 is 5.07. The van der Waals surface area contributed by atoms with Crippen molar-refractivity contribution in [2.75, 3.05) is 0 Å². The van der Waals surface area contributed by atoms with Gasteiger partial charge in [-0.2, -0.15) is 0 Å². The lowest BCUT2D eigenvalue weighted by molar-refractivity contribution is -0.396. The monoisotopic (exact) mass is 414 g/mol. The summed E-state index contributed by atoms with van der Waals surface area (Å²) in [6.07, 6.45) is 0. The first-order chi connectivity index (χ1) is 12.7. The van der Waals surface area contributed by atoms with Gasteiger partial charge in [0.1, 0.15) is 9.79 Å². The highest BCUT2D eigenvalue weighted by molar-refractivity contribution is 8.08. The van der Waals surface area contributed by atoms with Crippen LogP contribution in [-0.2, 0) is 3.63 Å². The minimum atomic E-state index is -0.836. The first-order valence-corrected chi connectivity index (χ1v) is 8.06. The predicted molar refractivity (Wildman–Crippen MR) is 92.3 cm³/mol. The van der Waals surface area contributed by atoms with Crippen molar-refractivity contribution in [1.29, 1.82) is 0 Å². The van der Waals surface area contributed by atoms with Crippen molar-refractivity contribution in [2.24, 2.45) is 0 Å². The molecule has 0 aliphatic carbocycles. The highest BCUT2D eigenvalue weighted by Gasteiger charge is 2.23. The van der Waals surface area contributed by atoms with E-state index >= 15 is 0 Å². The third-order valence-electron chi connectivity index (χ3n) is 2.95. The molecule has 0 fully saturated rings. The molecular formula is C12H6N4O9S2. The van der Waals surface area contributed by atoms with E-state index in [1.54, 1.807) is 0 Å². The fraction of sp³-hybridized carbons (Fsp3) is 0. The van der Waals surface area contributed by atoms with Gasteiger partial charge >= 0.3 is 0 Å². The molecule has 0 atom stereocenters. The summed E-state index contributed by atoms with van der Waals surface area (Å²) in [6.45, 7) is 0. The summed E-state index contributed by atoms with van der Waals surface area (Å²) >= 11 is 0.928. The molecule has 0 aliphatic rings. The molecule has 15 heteroatoms. The number of non-ortho nitro benzene ring substituents is 2. The van der Waals surface area contributed by atoms with Crippen LogP contribution < -0.4 is 0 Å². The lowest BCUT2D eigenvalue weighted by Gasteiger charge is -2.03. The second-order valence-electron chi connectivity index (χ2n) is 4.57. The van der Waals surface area contributed by atoms with E-state index in [1.165, 1.54) is 0 Å². The van der Waals surface area contributed by atoms with Crippen molar-refractivity contribution in [3.63, 3.8) is 0 Å². The Morgan fingerprint density at radius 2 is 1.00 bits per heavy atom. The molecule has 0 radical (unpaired) electrons. The Morgan fingerprint density at radius 3 is 1.30 bits per heavy atom. The zero-order valence-corrected chi connectivity index (χ0v) is 14.4. The van der Waals surface area contributed by atoms with Gasteiger partial charge in [-0.05, 0) is 12.1 Å². The number of nitro benzene ring substituents is 4. The molecule has 0 aliphatic heterocycles. The first-order valence-electron chi connectivity index (χ1n) is 6.57. The second-order valence-corrected chi connectivity index (χ2v) is 6.32. The quantitative estimate of drug-likeness (QED) is 0.345. The molecule has 0 aromatic heterocycles. The van der Waals surface area contributed by atoms with E-state index < -0.39 is 42.4 Å². The molecule has 13 nitrogen and oxygen atoms in total. The van der Waals surface area contributed by atoms with Crippen LogP contribution in [0.3, 0.4) is 0 Å². The number of hydrogen-bond donors (Lipinski definition) is 0. The van der Waals surface area contributed by atoms with Crippen LogP contribution in [0.2, 0.25) is 0 Å². The van der Waals surface area contributed by atoms with Gasteiger partial charge in [0.15, 0.2) is 0 Å². The average Bonchev–Trinajstić information content (AvgIpc) is 2.61. The van der Waals surface area contributed by atoms with Crippen molar-refractivity contribution < 1.29 is 23.3 Å². The molecule has 2 aromatic rings. The number of nitro groups is 4. The van der Waals surface area contributed by atoms with Crippen molar-refractivity contribution in [3.8, 4) is 0 Å². The molecule has 140 valence electrons. The minimum absolute atomic E-state index is 0.0670. The van der Waals surface area contributed by atoms with Crippen LogP contribution in [-0.4, -0.2) is 19.7 Å². The van der Waals surface area contributed by atoms with E-state index in [0.29, 0.717) is 24.1 Å². The zero-order chi connectivity index (χ0) is 20.1. The maximum atomic E-state index is 11.0. The van der Waals surface area contributed by atoms with Crippen molar-refractivity contribution in [3.05, 3.63) is 76.9 Å². The van der Waals surface area contributed by atoms with Gasteiger partial charge in [-0.1, -0.05) is 0 Å². The van der Waals surface area contributed by atoms with Gasteiger partial charge < -0.3 is 0 Å². The molecule has 0 unspecified atom stereocenters. The second kappa shape index (κ2) is 8.39. The Morgan fingerprint density at radius 1 is 0.630 bits per heavy atom. The van der Waals surface area contributed by atoms with E-state index in [1.807, 2.05) is 0 Å². The van der Waals surface area contributed by atoms with E-state index in [4.69, 9.17) is 3.63 Å². The summed E-state index contributed by atoms with van der Waals surface area (Å²) in [5.74, 6) is 0. The molecule has 0 saturated heterocycles. The molecule has 0 bridgehead atoms. The van der Waals surface area contributed by atoms with Gasteiger partial charge in [-0.15, -0.1) is 0 Å². The first kappa shape index (κ1) is 20.0. The third-order valence-corrected chi connectivity index (χ3v) is 4.54. The molecule has 27 heavy (non-hydrogen) atoms. The van der Waals surface area contributed by atoms with Gasteiger partial charge in [0, 0.05) is 12.1 Å². The lowest BCUT2D eigenvalue weighted by atomic mass is 10.3. The van der Waals surface area contributed by atoms with Gasteiger partial charge in [-0.25, -0.2) is 3.63 Å². The highest BCUT2D eigenvalue weighted by Crippen LogP contribution is 2.40. The summed E-state index contributed by atoms with van der Waals surface area (Å²) in [5.41, 5.74) is -2.12. The minimum Gasteiger partial charge on any atom is -0.258 e. The van der Waals surface area contributed by atoms with Crippen LogP contribution in [0.15, 0.2) is 46.2 Å². The van der Waals surface area contributed by atoms with Gasteiger partial charge in [0.05, 0.1) is 55.9 Å². The van der Waals surface area contributed by atoms with Gasteiger partial charge in [0.25, 0.3) is 22.7 Å². The maximum Gasteiger partial charge on any atom is 0.292 e. The molecule has 0 amide bonds. The normalized spacial score (nSPS) is 10.4. The third kappa shape index (κ3) is 4.87. The van der Waals surface area contributed by atoms with E-state index in [2.05, 4.69) is 0 Å². The Balaban J connectivity index is 2.19. The van der Waals surface area contributed by atoms with Crippen molar-refractivity contribution >= 4 is 46.8 Å². The van der Waals surface area contributed by atoms with Crippen LogP contribution in [0.25, 0.3) is 0 Å². The fourth-order valence-corrected chi connectivity index (χ4v) is 3.16. The number of hydrogen-bond acceptors (Lipinski definition) is 11. The largest absolute Gasteiger partial charge is 0.292 e. The highest BCUT2D eigenvalue weighted by atomic mass is 32.2. The van der Waals surface area contributed by atoms with Crippen LogP contribution in [0, 0.1) is 40.5 Å². The summed E-state index contributed by atoms with van der Waals surface area (Å²) in [6, 6.07) is 5.79. The average molecular weight is 414 g/mol. The Kier molecular flexibility index (Phi) is 6.22. The Labute approximate surface area is 157 Å². The molecule has 0 heterocycles. The number of benzene rings is 2. The molecule has 0 saturated carbocycles. The number of nitrogens with zero attached hydrogens (tertiary/aromatic N) is 4. The van der Waals surface area contributed by atoms with Gasteiger partial charge in [-0.3, -0.25) is 40.5 Å². The SMILES string of the molecule is O=[N+]([O-])c1ccc(SOSc2ccc([N+](=O)[O-])cc2[N+](=O)[O-])c([N+](=O)[O-])c1. The summed E-state index contributed by atoms with van der Waals surface area (Å²) in [5, 5.41) is 43.4. The maximum absolute atomic E-state index is 11.0. The Bertz CT molecular complexity index is 877. The number of rotatable bonds is 8. The molecular weight excluding hydrogens is 408 g/mol. The molecule has 2 aromatic carbocycles. The summed E-state index contributed by atoms with van der Waals surface area (Å²) in [4.78, 5) is 40.0. The molecule has 2 rings (SSSR count). The van der Waals surface area contributed by atoms with Crippen LogP contribution in [0.1, 0.15) is 0 Å². The van der Waals surface area contributed by atoms with Gasteiger partial charge in [0.2, 0.25) is 0 Å². The zero-order valence-electron chi connectivity index (χ0n) is 12.7. The standard InChI is InChI=1S/C12H6N4O9S2/c17-13(18)7-1-3-11(9(5-7)15(21)22)26-25-27-12-4-2-8(14(19)20)6-10(12)16(23)24/h1-6H. The lowest BCUT2D eigenvalue weighted by Crippen LogP contribution is -1.95. The van der Waals surface area contributed by atoms with Crippen molar-refractivity contribution in [2.45, 2.75) is 9.79 Å². The van der Waals surface area contributed by atoms with Crippen LogP contribution >= 0.6 is 24.1 Å². The van der Waals surface area contributed by atoms with E-state index in [-0.39, 0.29) is 9.79 Å². The van der Waals surface area contributed by atoms with Crippen LogP contribution in [0.5, 0.6) is 0 Å².